The van der Waals surface area contributed by atoms with Crippen molar-refractivity contribution in [3.63, 3.8) is 0 Å². The van der Waals surface area contributed by atoms with Crippen molar-refractivity contribution in [3.05, 3.63) is 69.2 Å². The second-order valence-electron chi connectivity index (χ2n) is 14.5. The maximum atomic E-state index is 13.6. The van der Waals surface area contributed by atoms with Crippen LogP contribution >= 0.6 is 23.2 Å². The molecule has 0 bridgehead atoms. The molecular weight excluding hydrogens is 809 g/mol. The minimum absolute atomic E-state index is 0.0290. The largest absolute Gasteiger partial charge is 0.447 e. The van der Waals surface area contributed by atoms with Gasteiger partial charge in [0.25, 0.3) is 0 Å². The van der Waals surface area contributed by atoms with E-state index in [1.54, 1.807) is 37.3 Å². The molecule has 59 heavy (non-hydrogen) atoms. The first kappa shape index (κ1) is 48.7. The normalized spacial score (nSPS) is 16.5. The number of halogens is 2. The summed E-state index contributed by atoms with van der Waals surface area (Å²) >= 11 is 12.3. The molecule has 1 heterocycles. The van der Waals surface area contributed by atoms with Crippen molar-refractivity contribution < 1.29 is 57.4 Å². The van der Waals surface area contributed by atoms with E-state index in [0.29, 0.717) is 122 Å². The number of Topliss-reactive ketones (excluding diaryl/α,β-unsaturated/α-hetero) is 1. The molecule has 1 saturated carbocycles. The summed E-state index contributed by atoms with van der Waals surface area (Å²) < 4.78 is 42.8. The third-order valence-corrected chi connectivity index (χ3v) is 10.7. The molecule has 2 aromatic rings. The SMILES string of the molecule is COCCOCCOCCOCCOCCOCCOCCOC(=O)NC1(C(=O)Cc2cccc([C@@H](CN3CC[C@H](O)C3)N(C)C(=O)Cc3ccc(Cl)c(Cl)c3)c2)CC1. The predicted molar refractivity (Wildman–Crippen MR) is 221 cm³/mol. The minimum atomic E-state index is -0.970. The van der Waals surface area contributed by atoms with Crippen LogP contribution in [0.5, 0.6) is 0 Å². The second kappa shape index (κ2) is 27.1. The van der Waals surface area contributed by atoms with Crippen LogP contribution < -0.4 is 5.32 Å². The standard InChI is InChI=1S/C42H61Cl2N3O12/c1-46(40(50)29-33-6-7-36(43)37(44)27-33)38(31-47-11-8-35(48)30-47)34-5-3-4-32(26-34)28-39(49)42(9-10-42)45-41(51)59-25-24-58-23-22-57-21-20-56-19-18-55-17-16-54-15-14-53-13-12-52-2/h3-7,26-27,35,38,48H,8-25,28-31H2,1-2H3,(H,45,51)/t35-,38+/m0/s1. The van der Waals surface area contributed by atoms with Crippen LogP contribution in [0.3, 0.4) is 0 Å². The maximum absolute atomic E-state index is 13.6. The van der Waals surface area contributed by atoms with Gasteiger partial charge in [0.05, 0.1) is 115 Å². The zero-order valence-electron chi connectivity index (χ0n) is 34.3. The van der Waals surface area contributed by atoms with E-state index in [0.717, 1.165) is 23.2 Å². The molecule has 17 heteroatoms. The van der Waals surface area contributed by atoms with E-state index >= 15 is 0 Å². The zero-order valence-corrected chi connectivity index (χ0v) is 35.9. The fourth-order valence-electron chi connectivity index (χ4n) is 6.43. The van der Waals surface area contributed by atoms with Gasteiger partial charge in [-0.3, -0.25) is 14.5 Å². The molecule has 2 atom stereocenters. The van der Waals surface area contributed by atoms with Gasteiger partial charge in [0.15, 0.2) is 5.78 Å². The number of amides is 2. The van der Waals surface area contributed by atoms with E-state index in [1.807, 2.05) is 24.3 Å². The number of methoxy groups -OCH3 is 1. The van der Waals surface area contributed by atoms with Crippen LogP contribution in [0, 0.1) is 0 Å². The highest BCUT2D eigenvalue weighted by molar-refractivity contribution is 6.42. The number of benzene rings is 2. The van der Waals surface area contributed by atoms with E-state index in [-0.39, 0.29) is 43.8 Å². The molecule has 0 spiro atoms. The van der Waals surface area contributed by atoms with Gasteiger partial charge >= 0.3 is 6.09 Å². The number of nitrogens with zero attached hydrogens (tertiary/aromatic N) is 2. The fraction of sp³-hybridized carbons (Fsp3) is 0.643. The van der Waals surface area contributed by atoms with Crippen LogP contribution in [0.1, 0.15) is 42.0 Å². The number of likely N-dealkylation sites (N-methyl/N-ethyl adjacent to an activating group) is 1. The molecule has 1 saturated heterocycles. The number of hydrogen-bond acceptors (Lipinski definition) is 13. The summed E-state index contributed by atoms with van der Waals surface area (Å²) in [6.07, 6.45) is 0.882. The number of ketones is 1. The Morgan fingerprint density at radius 2 is 1.34 bits per heavy atom. The highest BCUT2D eigenvalue weighted by Gasteiger charge is 2.50. The number of aliphatic hydroxyl groups is 1. The summed E-state index contributed by atoms with van der Waals surface area (Å²) in [5.41, 5.74) is 1.42. The van der Waals surface area contributed by atoms with Crippen molar-refractivity contribution in [1.82, 2.24) is 15.1 Å². The van der Waals surface area contributed by atoms with Crippen molar-refractivity contribution in [3.8, 4) is 0 Å². The molecular formula is C42H61Cl2N3O12. The first-order valence-electron chi connectivity index (χ1n) is 20.2. The van der Waals surface area contributed by atoms with Crippen LogP contribution in [-0.4, -0.2) is 171 Å². The van der Waals surface area contributed by atoms with Gasteiger partial charge in [-0.15, -0.1) is 0 Å². The molecule has 0 aromatic heterocycles. The molecule has 4 rings (SSSR count). The number of carbonyl (C=O) groups excluding carboxylic acids is 3. The fourth-order valence-corrected chi connectivity index (χ4v) is 6.75. The summed E-state index contributed by atoms with van der Waals surface area (Å²) in [5.74, 6) is -0.219. The number of hydrogen-bond donors (Lipinski definition) is 2. The number of alkyl carbamates (subject to hydrolysis) is 1. The Balaban J connectivity index is 1.10. The lowest BCUT2D eigenvalue weighted by Gasteiger charge is -2.32. The first-order valence-corrected chi connectivity index (χ1v) is 21.0. The number of ether oxygens (including phenoxy) is 8. The number of carbonyl (C=O) groups is 3. The summed E-state index contributed by atoms with van der Waals surface area (Å²) in [6, 6.07) is 12.5. The first-order chi connectivity index (χ1) is 28.6. The van der Waals surface area contributed by atoms with Gasteiger partial charge in [0.2, 0.25) is 5.91 Å². The summed E-state index contributed by atoms with van der Waals surface area (Å²) in [6.45, 7) is 7.57. The third-order valence-electron chi connectivity index (χ3n) is 9.96. The van der Waals surface area contributed by atoms with Gasteiger partial charge in [-0.25, -0.2) is 4.79 Å². The van der Waals surface area contributed by atoms with Gasteiger partial charge in [-0.05, 0) is 48.1 Å². The number of rotatable bonds is 31. The van der Waals surface area contributed by atoms with E-state index in [2.05, 4.69) is 10.2 Å². The molecule has 330 valence electrons. The molecule has 0 unspecified atom stereocenters. The molecule has 2 aliphatic rings. The Bertz CT molecular complexity index is 1570. The Kier molecular flexibility index (Phi) is 22.4. The lowest BCUT2D eigenvalue weighted by Crippen LogP contribution is -2.44. The lowest BCUT2D eigenvalue weighted by molar-refractivity contribution is -0.131. The highest BCUT2D eigenvalue weighted by Crippen LogP contribution is 2.37. The Hall–Kier alpha value is -2.93. The van der Waals surface area contributed by atoms with E-state index < -0.39 is 17.7 Å². The van der Waals surface area contributed by atoms with Crippen LogP contribution in [0.15, 0.2) is 42.5 Å². The number of nitrogens with one attached hydrogen (secondary N) is 1. The maximum Gasteiger partial charge on any atom is 0.408 e. The Morgan fingerprint density at radius 1 is 0.780 bits per heavy atom. The summed E-state index contributed by atoms with van der Waals surface area (Å²) in [7, 11) is 3.40. The van der Waals surface area contributed by atoms with Gasteiger partial charge in [-0.1, -0.05) is 53.5 Å². The monoisotopic (exact) mass is 869 g/mol. The molecule has 0 radical (unpaired) electrons. The zero-order chi connectivity index (χ0) is 42.3. The molecule has 2 amide bonds. The van der Waals surface area contributed by atoms with Crippen LogP contribution in [0.25, 0.3) is 0 Å². The average Bonchev–Trinajstić information content (AvgIpc) is 3.89. The van der Waals surface area contributed by atoms with E-state index in [1.165, 1.54) is 0 Å². The number of β-amino-alcohol motifs (C(OH)–C–C–N with tert-alkyl or cyclic N) is 1. The predicted octanol–water partition coefficient (Wildman–Crippen LogP) is 3.92. The van der Waals surface area contributed by atoms with Crippen LogP contribution in [0.2, 0.25) is 10.0 Å². The van der Waals surface area contributed by atoms with Crippen molar-refractivity contribution in [1.29, 1.82) is 0 Å². The molecule has 2 fully saturated rings. The number of aliphatic hydroxyl groups excluding tert-OH is 1. The summed E-state index contributed by atoms with van der Waals surface area (Å²) in [5, 5.41) is 13.8. The Labute approximate surface area is 357 Å². The van der Waals surface area contributed by atoms with Crippen molar-refractivity contribution in [2.24, 2.45) is 0 Å². The summed E-state index contributed by atoms with van der Waals surface area (Å²) in [4.78, 5) is 43.6. The quantitative estimate of drug-likeness (QED) is 0.105. The lowest BCUT2D eigenvalue weighted by atomic mass is 9.97. The molecule has 2 aromatic carbocycles. The van der Waals surface area contributed by atoms with Gasteiger partial charge in [-0.2, -0.15) is 0 Å². The van der Waals surface area contributed by atoms with E-state index in [4.69, 9.17) is 61.1 Å². The minimum Gasteiger partial charge on any atom is -0.447 e. The van der Waals surface area contributed by atoms with Crippen molar-refractivity contribution in [2.75, 3.05) is 126 Å². The van der Waals surface area contributed by atoms with Gasteiger partial charge in [0.1, 0.15) is 12.1 Å². The van der Waals surface area contributed by atoms with Gasteiger partial charge in [0, 0.05) is 40.2 Å². The second-order valence-corrected chi connectivity index (χ2v) is 15.3. The van der Waals surface area contributed by atoms with Crippen molar-refractivity contribution >= 4 is 41.0 Å². The molecule has 2 N–H and O–H groups in total. The third kappa shape index (κ3) is 18.3. The van der Waals surface area contributed by atoms with Crippen LogP contribution in [-0.2, 0) is 60.3 Å². The Morgan fingerprint density at radius 3 is 1.86 bits per heavy atom. The smallest absolute Gasteiger partial charge is 0.408 e. The molecule has 15 nitrogen and oxygen atoms in total. The average molecular weight is 871 g/mol. The molecule has 1 aliphatic heterocycles. The van der Waals surface area contributed by atoms with E-state index in [9.17, 15) is 19.5 Å². The van der Waals surface area contributed by atoms with Gasteiger partial charge < -0.3 is 53.2 Å². The topological polar surface area (TPSA) is 164 Å². The van der Waals surface area contributed by atoms with Crippen LogP contribution in [0.4, 0.5) is 4.79 Å². The highest BCUT2D eigenvalue weighted by atomic mass is 35.5. The number of likely N-dealkylation sites (tertiary alicyclic amines) is 1. The van der Waals surface area contributed by atoms with Crippen molar-refractivity contribution in [2.45, 2.75) is 49.8 Å². The molecule has 1 aliphatic carbocycles.